The van der Waals surface area contributed by atoms with E-state index in [4.69, 9.17) is 9.47 Å². The molecule has 1 rings (SSSR count). The van der Waals surface area contributed by atoms with Crippen LogP contribution in [0.15, 0.2) is 23.3 Å². The minimum Gasteiger partial charge on any atom is -0.461 e. The van der Waals surface area contributed by atoms with Crippen molar-refractivity contribution in [1.82, 2.24) is 0 Å². The van der Waals surface area contributed by atoms with Crippen LogP contribution in [-0.4, -0.2) is 24.3 Å². The Morgan fingerprint density at radius 3 is 2.22 bits per heavy atom. The number of carbonyl (C=O) groups excluding carboxylic acids is 1. The van der Waals surface area contributed by atoms with Gasteiger partial charge in [0.15, 0.2) is 0 Å². The van der Waals surface area contributed by atoms with Crippen LogP contribution >= 0.6 is 0 Å². The second-order valence-corrected chi connectivity index (χ2v) is 8.24. The van der Waals surface area contributed by atoms with E-state index in [9.17, 15) is 4.79 Å². The van der Waals surface area contributed by atoms with Gasteiger partial charge in [0.05, 0.1) is 17.1 Å². The smallest absolute Gasteiger partial charge is 0.311 e. The zero-order chi connectivity index (χ0) is 17.7. The predicted molar refractivity (Wildman–Crippen MR) is 95.3 cm³/mol. The van der Waals surface area contributed by atoms with Crippen LogP contribution in [0.2, 0.25) is 0 Å². The summed E-state index contributed by atoms with van der Waals surface area (Å²) in [7, 11) is 0. The molecule has 1 saturated heterocycles. The lowest BCUT2D eigenvalue weighted by molar-refractivity contribution is -0.151. The van der Waals surface area contributed by atoms with Gasteiger partial charge < -0.3 is 9.47 Å². The second kappa shape index (κ2) is 8.14. The lowest BCUT2D eigenvalue weighted by Crippen LogP contribution is -2.22. The van der Waals surface area contributed by atoms with E-state index in [0.717, 1.165) is 25.7 Å². The Labute approximate surface area is 142 Å². The van der Waals surface area contributed by atoms with Crippen LogP contribution in [0.25, 0.3) is 0 Å². The highest BCUT2D eigenvalue weighted by Crippen LogP contribution is 2.38. The van der Waals surface area contributed by atoms with Gasteiger partial charge in [0, 0.05) is 0 Å². The first-order valence-corrected chi connectivity index (χ1v) is 8.68. The summed E-state index contributed by atoms with van der Waals surface area (Å²) < 4.78 is 10.9. The quantitative estimate of drug-likeness (QED) is 0.350. The number of esters is 1. The van der Waals surface area contributed by atoms with E-state index in [1.807, 2.05) is 26.8 Å². The normalized spacial score (nSPS) is 21.3. The number of carbonyl (C=O) groups is 1. The molecule has 23 heavy (non-hydrogen) atoms. The van der Waals surface area contributed by atoms with Crippen LogP contribution in [0.1, 0.15) is 74.1 Å². The molecule has 1 heterocycles. The first kappa shape index (κ1) is 20.0. The minimum absolute atomic E-state index is 0.101. The monoisotopic (exact) mass is 322 g/mol. The van der Waals surface area contributed by atoms with Crippen LogP contribution in [0.5, 0.6) is 0 Å². The molecule has 0 aliphatic carbocycles. The maximum absolute atomic E-state index is 11.7. The van der Waals surface area contributed by atoms with E-state index >= 15 is 0 Å². The number of ether oxygens (including phenoxy) is 2. The molecular weight excluding hydrogens is 288 g/mol. The van der Waals surface area contributed by atoms with Gasteiger partial charge in [0.25, 0.3) is 0 Å². The van der Waals surface area contributed by atoms with Crippen molar-refractivity contribution >= 4 is 5.97 Å². The van der Waals surface area contributed by atoms with Crippen molar-refractivity contribution in [2.45, 2.75) is 85.9 Å². The predicted octanol–water partition coefficient (Wildman–Crippen LogP) is 5.21. The van der Waals surface area contributed by atoms with Crippen LogP contribution in [0.3, 0.4) is 0 Å². The molecule has 0 N–H and O–H groups in total. The van der Waals surface area contributed by atoms with Gasteiger partial charge in [-0.25, -0.2) is 0 Å². The Kier molecular flexibility index (Phi) is 7.06. The third kappa shape index (κ3) is 7.83. The first-order valence-electron chi connectivity index (χ1n) is 8.68. The summed E-state index contributed by atoms with van der Waals surface area (Å²) >= 11 is 0. The molecule has 0 aromatic heterocycles. The number of epoxide rings is 1. The van der Waals surface area contributed by atoms with Gasteiger partial charge >= 0.3 is 5.97 Å². The summed E-state index contributed by atoms with van der Waals surface area (Å²) in [4.78, 5) is 11.7. The maximum atomic E-state index is 11.7. The molecule has 0 aromatic carbocycles. The van der Waals surface area contributed by atoms with Crippen molar-refractivity contribution in [2.75, 3.05) is 6.61 Å². The molecule has 1 fully saturated rings. The van der Waals surface area contributed by atoms with E-state index in [1.165, 1.54) is 11.1 Å². The Morgan fingerprint density at radius 1 is 1.13 bits per heavy atom. The maximum Gasteiger partial charge on any atom is 0.311 e. The fourth-order valence-electron chi connectivity index (χ4n) is 2.32. The molecule has 1 aliphatic rings. The SMILES string of the molecule is CC(=CCOC(=O)C(C)(C)C)CCC=C(C)CCC1OC1(C)C. The molecule has 1 unspecified atom stereocenters. The Balaban J connectivity index is 2.19. The summed E-state index contributed by atoms with van der Waals surface area (Å²) in [5, 5.41) is 0. The Hall–Kier alpha value is -1.09. The van der Waals surface area contributed by atoms with Crippen molar-refractivity contribution < 1.29 is 14.3 Å². The van der Waals surface area contributed by atoms with Crippen LogP contribution < -0.4 is 0 Å². The molecule has 0 spiro atoms. The van der Waals surface area contributed by atoms with E-state index in [2.05, 4.69) is 33.8 Å². The van der Waals surface area contributed by atoms with Gasteiger partial charge in [-0.15, -0.1) is 0 Å². The van der Waals surface area contributed by atoms with Crippen molar-refractivity contribution in [3.63, 3.8) is 0 Å². The molecule has 3 heteroatoms. The van der Waals surface area contributed by atoms with E-state index in [1.54, 1.807) is 0 Å². The number of hydrogen-bond acceptors (Lipinski definition) is 3. The fourth-order valence-corrected chi connectivity index (χ4v) is 2.32. The van der Waals surface area contributed by atoms with E-state index < -0.39 is 5.41 Å². The van der Waals surface area contributed by atoms with Crippen LogP contribution in [0, 0.1) is 5.41 Å². The molecule has 132 valence electrons. The van der Waals surface area contributed by atoms with Crippen molar-refractivity contribution in [1.29, 1.82) is 0 Å². The molecule has 0 saturated carbocycles. The van der Waals surface area contributed by atoms with Gasteiger partial charge in [-0.1, -0.05) is 17.2 Å². The van der Waals surface area contributed by atoms with Crippen molar-refractivity contribution in [2.24, 2.45) is 5.41 Å². The lowest BCUT2D eigenvalue weighted by atomic mass is 9.97. The van der Waals surface area contributed by atoms with Crippen LogP contribution in [0.4, 0.5) is 0 Å². The van der Waals surface area contributed by atoms with Gasteiger partial charge in [-0.2, -0.15) is 0 Å². The summed E-state index contributed by atoms with van der Waals surface area (Å²) in [6, 6.07) is 0. The Bertz CT molecular complexity index is 464. The third-order valence-corrected chi connectivity index (χ3v) is 4.26. The van der Waals surface area contributed by atoms with Crippen molar-refractivity contribution in [3.05, 3.63) is 23.3 Å². The zero-order valence-electron chi connectivity index (χ0n) is 16.0. The average molecular weight is 322 g/mol. The topological polar surface area (TPSA) is 38.8 Å². The first-order chi connectivity index (χ1) is 10.5. The lowest BCUT2D eigenvalue weighted by Gasteiger charge is -2.15. The molecule has 0 aromatic rings. The highest BCUT2D eigenvalue weighted by molar-refractivity contribution is 5.75. The average Bonchev–Trinajstić information content (AvgIpc) is 3.03. The summed E-state index contributed by atoms with van der Waals surface area (Å²) in [6.07, 6.45) is 9.03. The minimum atomic E-state index is -0.429. The molecule has 0 bridgehead atoms. The number of hydrogen-bond donors (Lipinski definition) is 0. The number of rotatable bonds is 8. The second-order valence-electron chi connectivity index (χ2n) is 8.24. The van der Waals surface area contributed by atoms with E-state index in [-0.39, 0.29) is 11.6 Å². The van der Waals surface area contributed by atoms with Gasteiger partial charge in [-0.3, -0.25) is 4.79 Å². The Morgan fingerprint density at radius 2 is 1.70 bits per heavy atom. The molecule has 1 atom stereocenters. The summed E-state index contributed by atoms with van der Waals surface area (Å²) in [6.45, 7) is 14.6. The standard InChI is InChI=1S/C20H34O3/c1-15(11-12-17-20(6,7)23-17)9-8-10-16(2)13-14-22-18(21)19(3,4)5/h9,13,17H,8,10-12,14H2,1-7H3. The molecule has 0 amide bonds. The van der Waals surface area contributed by atoms with E-state index in [0.29, 0.717) is 12.7 Å². The summed E-state index contributed by atoms with van der Waals surface area (Å²) in [5.74, 6) is -0.150. The fraction of sp³-hybridized carbons (Fsp3) is 0.750. The largest absolute Gasteiger partial charge is 0.461 e. The summed E-state index contributed by atoms with van der Waals surface area (Å²) in [5.41, 5.74) is 2.37. The van der Waals surface area contributed by atoms with Gasteiger partial charge in [0.2, 0.25) is 0 Å². The van der Waals surface area contributed by atoms with Gasteiger partial charge in [0.1, 0.15) is 6.61 Å². The van der Waals surface area contributed by atoms with Crippen molar-refractivity contribution in [3.8, 4) is 0 Å². The molecule has 0 radical (unpaired) electrons. The van der Waals surface area contributed by atoms with Crippen LogP contribution in [-0.2, 0) is 14.3 Å². The number of allylic oxidation sites excluding steroid dienone is 3. The molecular formula is C20H34O3. The highest BCUT2D eigenvalue weighted by Gasteiger charge is 2.46. The highest BCUT2D eigenvalue weighted by atomic mass is 16.6. The molecule has 1 aliphatic heterocycles. The van der Waals surface area contributed by atoms with Gasteiger partial charge in [-0.05, 0) is 80.2 Å². The third-order valence-electron chi connectivity index (χ3n) is 4.26. The zero-order valence-corrected chi connectivity index (χ0v) is 16.0. The molecule has 3 nitrogen and oxygen atoms in total.